The first kappa shape index (κ1) is 12.1. The number of rotatable bonds is 5. The minimum absolute atomic E-state index is 0.329. The molecule has 17 heavy (non-hydrogen) atoms. The molecular formula is C10H11N3O2S2. The first-order chi connectivity index (χ1) is 8.16. The Morgan fingerprint density at radius 3 is 3.06 bits per heavy atom. The van der Waals surface area contributed by atoms with Gasteiger partial charge in [0.05, 0.1) is 12.0 Å². The maximum Gasteiger partial charge on any atom is 0.347 e. The van der Waals surface area contributed by atoms with Crippen molar-refractivity contribution in [2.45, 2.75) is 17.8 Å². The van der Waals surface area contributed by atoms with Gasteiger partial charge in [0, 0.05) is 24.7 Å². The van der Waals surface area contributed by atoms with Crippen molar-refractivity contribution < 1.29 is 9.90 Å². The minimum atomic E-state index is -0.901. The number of hydrogen-bond donors (Lipinski definition) is 1. The molecule has 0 saturated heterocycles. The molecule has 0 aromatic carbocycles. The van der Waals surface area contributed by atoms with Gasteiger partial charge in [-0.3, -0.25) is 0 Å². The molecule has 2 heterocycles. The van der Waals surface area contributed by atoms with Crippen LogP contribution in [-0.2, 0) is 6.54 Å². The summed E-state index contributed by atoms with van der Waals surface area (Å²) in [5.74, 6) is -0.0519. The minimum Gasteiger partial charge on any atom is -0.477 e. The Hall–Kier alpha value is -1.34. The number of carboxylic acids is 1. The number of carboxylic acid groups (broad SMARTS) is 1. The molecule has 5 nitrogen and oxygen atoms in total. The fourth-order valence-electron chi connectivity index (χ4n) is 1.29. The van der Waals surface area contributed by atoms with Crippen LogP contribution in [0, 0.1) is 6.92 Å². The van der Waals surface area contributed by atoms with Gasteiger partial charge >= 0.3 is 5.97 Å². The van der Waals surface area contributed by atoms with Crippen LogP contribution in [0.3, 0.4) is 0 Å². The molecule has 7 heteroatoms. The Kier molecular flexibility index (Phi) is 3.80. The monoisotopic (exact) mass is 269 g/mol. The quantitative estimate of drug-likeness (QED) is 0.842. The summed E-state index contributed by atoms with van der Waals surface area (Å²) in [6.07, 6.45) is 5.40. The fraction of sp³-hybridized carbons (Fsp3) is 0.300. The highest BCUT2D eigenvalue weighted by atomic mass is 32.2. The largest absolute Gasteiger partial charge is 0.477 e. The number of carbonyl (C=O) groups is 1. The van der Waals surface area contributed by atoms with Gasteiger partial charge in [0.15, 0.2) is 4.34 Å². The molecule has 0 aliphatic rings. The molecule has 90 valence electrons. The lowest BCUT2D eigenvalue weighted by Gasteiger charge is -1.98. The van der Waals surface area contributed by atoms with E-state index in [1.54, 1.807) is 31.2 Å². The van der Waals surface area contributed by atoms with Crippen LogP contribution in [0.2, 0.25) is 0 Å². The Morgan fingerprint density at radius 2 is 2.47 bits per heavy atom. The number of imidazole rings is 1. The number of aromatic carboxylic acids is 1. The summed E-state index contributed by atoms with van der Waals surface area (Å²) in [5.41, 5.74) is 0.590. The molecule has 0 radical (unpaired) electrons. The van der Waals surface area contributed by atoms with Crippen molar-refractivity contribution in [3.05, 3.63) is 29.3 Å². The van der Waals surface area contributed by atoms with Gasteiger partial charge in [-0.15, -0.1) is 11.3 Å². The molecule has 0 atom stereocenters. The summed E-state index contributed by atoms with van der Waals surface area (Å²) >= 11 is 2.80. The van der Waals surface area contributed by atoms with Crippen LogP contribution in [0.5, 0.6) is 0 Å². The van der Waals surface area contributed by atoms with E-state index in [1.807, 2.05) is 10.8 Å². The number of hydrogen-bond acceptors (Lipinski definition) is 5. The van der Waals surface area contributed by atoms with Gasteiger partial charge in [0.2, 0.25) is 0 Å². The molecule has 0 unspecified atom stereocenters. The summed E-state index contributed by atoms with van der Waals surface area (Å²) in [6.45, 7) is 2.56. The molecule has 0 saturated carbocycles. The van der Waals surface area contributed by atoms with Gasteiger partial charge in [-0.1, -0.05) is 11.8 Å². The average Bonchev–Trinajstić information content (AvgIpc) is 2.88. The van der Waals surface area contributed by atoms with E-state index in [0.29, 0.717) is 10.6 Å². The second kappa shape index (κ2) is 5.33. The number of aromatic nitrogens is 3. The van der Waals surface area contributed by atoms with E-state index >= 15 is 0 Å². The first-order valence-corrected chi connectivity index (χ1v) is 6.76. The Bertz CT molecular complexity index is 508. The standard InChI is InChI=1S/C10H11N3O2S2/c1-7-8(9(14)15)17-10(12-7)16-5-4-13-3-2-11-6-13/h2-3,6H,4-5H2,1H3,(H,14,15). The predicted molar refractivity (Wildman–Crippen MR) is 66.8 cm³/mol. The maximum atomic E-state index is 10.8. The Morgan fingerprint density at radius 1 is 1.65 bits per heavy atom. The van der Waals surface area contributed by atoms with Crippen molar-refractivity contribution in [2.24, 2.45) is 0 Å². The van der Waals surface area contributed by atoms with Crippen LogP contribution in [0.15, 0.2) is 23.1 Å². The summed E-state index contributed by atoms with van der Waals surface area (Å²) in [6, 6.07) is 0. The zero-order chi connectivity index (χ0) is 12.3. The van der Waals surface area contributed by atoms with Crippen molar-refractivity contribution in [1.82, 2.24) is 14.5 Å². The molecule has 0 amide bonds. The lowest BCUT2D eigenvalue weighted by atomic mass is 10.4. The van der Waals surface area contributed by atoms with Crippen LogP contribution < -0.4 is 0 Å². The molecule has 0 spiro atoms. The lowest BCUT2D eigenvalue weighted by molar-refractivity contribution is 0.0701. The van der Waals surface area contributed by atoms with Gasteiger partial charge in [-0.2, -0.15) is 0 Å². The van der Waals surface area contributed by atoms with Crippen LogP contribution in [0.25, 0.3) is 0 Å². The van der Waals surface area contributed by atoms with Gasteiger partial charge in [0.25, 0.3) is 0 Å². The van der Waals surface area contributed by atoms with Crippen LogP contribution in [-0.4, -0.2) is 31.4 Å². The summed E-state index contributed by atoms with van der Waals surface area (Å²) < 4.78 is 2.78. The molecule has 0 aliphatic heterocycles. The van der Waals surface area contributed by atoms with E-state index in [0.717, 1.165) is 16.6 Å². The summed E-state index contributed by atoms with van der Waals surface area (Å²) in [7, 11) is 0. The van der Waals surface area contributed by atoms with Crippen molar-refractivity contribution in [3.63, 3.8) is 0 Å². The predicted octanol–water partition coefficient (Wildman–Crippen LogP) is 2.14. The number of aryl methyl sites for hydroxylation is 2. The molecule has 2 rings (SSSR count). The van der Waals surface area contributed by atoms with Crippen molar-refractivity contribution in [1.29, 1.82) is 0 Å². The van der Waals surface area contributed by atoms with Crippen molar-refractivity contribution >= 4 is 29.1 Å². The van der Waals surface area contributed by atoms with E-state index in [9.17, 15) is 4.79 Å². The highest BCUT2D eigenvalue weighted by molar-refractivity contribution is 8.01. The number of thiazole rings is 1. The highest BCUT2D eigenvalue weighted by Crippen LogP contribution is 2.27. The molecule has 1 N–H and O–H groups in total. The van der Waals surface area contributed by atoms with Gasteiger partial charge < -0.3 is 9.67 Å². The van der Waals surface area contributed by atoms with E-state index in [1.165, 1.54) is 11.3 Å². The fourth-order valence-corrected chi connectivity index (χ4v) is 3.34. The average molecular weight is 269 g/mol. The topological polar surface area (TPSA) is 68.0 Å². The Labute approximate surface area is 107 Å². The van der Waals surface area contributed by atoms with E-state index in [-0.39, 0.29) is 0 Å². The molecule has 2 aromatic rings. The summed E-state index contributed by atoms with van der Waals surface area (Å²) in [5, 5.41) is 8.90. The molecule has 2 aromatic heterocycles. The van der Waals surface area contributed by atoms with E-state index < -0.39 is 5.97 Å². The zero-order valence-corrected chi connectivity index (χ0v) is 10.8. The van der Waals surface area contributed by atoms with Crippen molar-refractivity contribution in [2.75, 3.05) is 5.75 Å². The molecule has 0 aliphatic carbocycles. The van der Waals surface area contributed by atoms with E-state index in [4.69, 9.17) is 5.11 Å². The Balaban J connectivity index is 1.91. The number of nitrogens with zero attached hydrogens (tertiary/aromatic N) is 3. The normalized spacial score (nSPS) is 10.6. The smallest absolute Gasteiger partial charge is 0.347 e. The van der Waals surface area contributed by atoms with Gasteiger partial charge in [0.1, 0.15) is 4.88 Å². The van der Waals surface area contributed by atoms with Gasteiger partial charge in [-0.05, 0) is 6.92 Å². The van der Waals surface area contributed by atoms with E-state index in [2.05, 4.69) is 9.97 Å². The summed E-state index contributed by atoms with van der Waals surface area (Å²) in [4.78, 5) is 19.4. The van der Waals surface area contributed by atoms with Gasteiger partial charge in [-0.25, -0.2) is 14.8 Å². The molecule has 0 bridgehead atoms. The van der Waals surface area contributed by atoms with Crippen LogP contribution in [0.4, 0.5) is 0 Å². The SMILES string of the molecule is Cc1nc(SCCn2ccnc2)sc1C(=O)O. The molecule has 0 fully saturated rings. The third kappa shape index (κ3) is 3.07. The van der Waals surface area contributed by atoms with Crippen LogP contribution >= 0.6 is 23.1 Å². The zero-order valence-electron chi connectivity index (χ0n) is 9.16. The first-order valence-electron chi connectivity index (χ1n) is 4.96. The third-order valence-corrected chi connectivity index (χ3v) is 4.37. The lowest BCUT2D eigenvalue weighted by Crippen LogP contribution is -1.96. The highest BCUT2D eigenvalue weighted by Gasteiger charge is 2.13. The van der Waals surface area contributed by atoms with Crippen molar-refractivity contribution in [3.8, 4) is 0 Å². The molecular weight excluding hydrogens is 258 g/mol. The second-order valence-electron chi connectivity index (χ2n) is 3.35. The maximum absolute atomic E-state index is 10.8. The second-order valence-corrected chi connectivity index (χ2v) is 5.69. The third-order valence-electron chi connectivity index (χ3n) is 2.11. The number of thioether (sulfide) groups is 1. The van der Waals surface area contributed by atoms with Crippen LogP contribution in [0.1, 0.15) is 15.4 Å².